The van der Waals surface area contributed by atoms with Gasteiger partial charge in [0, 0.05) is 28.2 Å². The number of nitrogens with zero attached hydrogens (tertiary/aromatic N) is 1. The van der Waals surface area contributed by atoms with Gasteiger partial charge in [-0.2, -0.15) is 26.3 Å². The predicted octanol–water partition coefficient (Wildman–Crippen LogP) is 6.37. The number of para-hydroxylation sites is 1. The highest BCUT2D eigenvalue weighted by Gasteiger charge is 2.57. The van der Waals surface area contributed by atoms with Crippen LogP contribution < -0.4 is 4.90 Å². The summed E-state index contributed by atoms with van der Waals surface area (Å²) in [4.78, 5) is 54.6. The van der Waals surface area contributed by atoms with Gasteiger partial charge in [-0.1, -0.05) is 29.8 Å². The molecule has 2 amide bonds. The van der Waals surface area contributed by atoms with Gasteiger partial charge < -0.3 is 5.11 Å². The van der Waals surface area contributed by atoms with Crippen LogP contribution in [0.15, 0.2) is 70.8 Å². The number of hydrogen-bond acceptors (Lipinski definition) is 5. The van der Waals surface area contributed by atoms with Crippen molar-refractivity contribution in [1.29, 1.82) is 0 Å². The first-order valence-electron chi connectivity index (χ1n) is 13.7. The summed E-state index contributed by atoms with van der Waals surface area (Å²) in [7, 11) is 0. The molecule has 0 unspecified atom stereocenters. The number of aryl methyl sites for hydroxylation is 1. The largest absolute Gasteiger partial charge is 0.507 e. The average molecular weight is 616 g/mol. The lowest BCUT2D eigenvalue weighted by molar-refractivity contribution is -0.143. The molecule has 3 aliphatic carbocycles. The van der Waals surface area contributed by atoms with Crippen LogP contribution in [0.3, 0.4) is 0 Å². The second-order valence-corrected chi connectivity index (χ2v) is 11.5. The number of phenols is 1. The van der Waals surface area contributed by atoms with Crippen molar-refractivity contribution in [1.82, 2.24) is 0 Å². The third-order valence-corrected chi connectivity index (χ3v) is 8.97. The summed E-state index contributed by atoms with van der Waals surface area (Å²) in [6.07, 6.45) is -7.80. The van der Waals surface area contributed by atoms with Crippen LogP contribution in [0.4, 0.5) is 32.0 Å². The molecule has 1 aliphatic heterocycles. The molecule has 0 radical (unpaired) electrons. The van der Waals surface area contributed by atoms with Crippen LogP contribution in [-0.4, -0.2) is 28.5 Å². The fourth-order valence-electron chi connectivity index (χ4n) is 6.97. The first-order valence-corrected chi connectivity index (χ1v) is 13.7. The van der Waals surface area contributed by atoms with Gasteiger partial charge in [-0.3, -0.25) is 19.2 Å². The van der Waals surface area contributed by atoms with Gasteiger partial charge in [0.2, 0.25) is 11.8 Å². The molecule has 1 saturated heterocycles. The molecule has 2 aromatic carbocycles. The monoisotopic (exact) mass is 615 g/mol. The number of allylic oxidation sites excluding steroid dienone is 6. The zero-order valence-electron chi connectivity index (χ0n) is 23.1. The fourth-order valence-corrected chi connectivity index (χ4v) is 6.97. The first-order chi connectivity index (χ1) is 20.5. The zero-order chi connectivity index (χ0) is 32.0. The summed E-state index contributed by atoms with van der Waals surface area (Å²) in [5.41, 5.74) is -2.58. The number of carbonyl (C=O) groups excluding carboxylic acids is 4. The van der Waals surface area contributed by atoms with Gasteiger partial charge in [-0.15, -0.1) is 0 Å². The normalized spacial score (nSPS) is 25.5. The molecule has 0 bridgehead atoms. The topological polar surface area (TPSA) is 91.8 Å². The van der Waals surface area contributed by atoms with E-state index in [0.717, 1.165) is 0 Å². The van der Waals surface area contributed by atoms with Crippen molar-refractivity contribution in [3.8, 4) is 5.75 Å². The zero-order valence-corrected chi connectivity index (χ0v) is 23.1. The number of hydrogen-bond donors (Lipinski definition) is 1. The van der Waals surface area contributed by atoms with Gasteiger partial charge in [-0.25, -0.2) is 4.90 Å². The molecule has 1 N–H and O–H groups in total. The number of ketones is 2. The highest BCUT2D eigenvalue weighted by molar-refractivity contribution is 6.25. The Kier molecular flexibility index (Phi) is 6.57. The smallest absolute Gasteiger partial charge is 0.416 e. The SMILES string of the molecule is CC1=CC(=O)C2=C(C[C@@H]3C(=CC[C@@H]4C(=O)N(c5cc(C(F)(F)F)cc(C(F)(F)F)c5)C(=O)[C@@H]43)[C@@H]2c2cccc(C)c2O)C1=O. The minimum atomic E-state index is -5.20. The van der Waals surface area contributed by atoms with Gasteiger partial charge in [0.05, 0.1) is 28.7 Å². The van der Waals surface area contributed by atoms with E-state index in [2.05, 4.69) is 0 Å². The number of halogens is 6. The molecule has 0 aromatic heterocycles. The van der Waals surface area contributed by atoms with Crippen LogP contribution in [0.25, 0.3) is 0 Å². The fraction of sp³-hybridized carbons (Fsp3) is 0.312. The number of rotatable bonds is 2. The van der Waals surface area contributed by atoms with Crippen LogP contribution in [0, 0.1) is 24.7 Å². The molecule has 12 heteroatoms. The van der Waals surface area contributed by atoms with E-state index in [1.54, 1.807) is 31.2 Å². The van der Waals surface area contributed by atoms with Gasteiger partial charge in [0.15, 0.2) is 11.6 Å². The number of Topliss-reactive ketones (excluding diaryl/α,β-unsaturated/α-hetero) is 1. The van der Waals surface area contributed by atoms with Crippen molar-refractivity contribution in [3.63, 3.8) is 0 Å². The number of anilines is 1. The van der Waals surface area contributed by atoms with Gasteiger partial charge in [0.1, 0.15) is 5.75 Å². The number of carbonyl (C=O) groups is 4. The quantitative estimate of drug-likeness (QED) is 0.184. The van der Waals surface area contributed by atoms with Gasteiger partial charge >= 0.3 is 12.4 Å². The predicted molar refractivity (Wildman–Crippen MR) is 143 cm³/mol. The van der Waals surface area contributed by atoms with Crippen molar-refractivity contribution < 1.29 is 50.6 Å². The minimum Gasteiger partial charge on any atom is -0.507 e. The number of amides is 2. The summed E-state index contributed by atoms with van der Waals surface area (Å²) in [5, 5.41) is 11.0. The van der Waals surface area contributed by atoms with Crippen molar-refractivity contribution in [2.75, 3.05) is 4.90 Å². The summed E-state index contributed by atoms with van der Waals surface area (Å²) in [6.45, 7) is 3.09. The molecule has 0 saturated carbocycles. The number of fused-ring (bicyclic) bond motifs is 3. The third-order valence-electron chi connectivity index (χ3n) is 8.97. The number of benzene rings is 2. The van der Waals surface area contributed by atoms with E-state index in [1.165, 1.54) is 13.0 Å². The summed E-state index contributed by atoms with van der Waals surface area (Å²) in [5.74, 6) is -7.23. The van der Waals surface area contributed by atoms with E-state index in [0.29, 0.717) is 33.7 Å². The molecule has 1 fully saturated rings. The molecular weight excluding hydrogens is 592 g/mol. The molecule has 44 heavy (non-hydrogen) atoms. The highest BCUT2D eigenvalue weighted by Crippen LogP contribution is 2.56. The van der Waals surface area contributed by atoms with E-state index in [4.69, 9.17) is 0 Å². The molecule has 0 spiro atoms. The van der Waals surface area contributed by atoms with E-state index >= 15 is 0 Å². The Bertz CT molecular complexity index is 1750. The Hall–Kier alpha value is -4.48. The Morgan fingerprint density at radius 2 is 1.50 bits per heavy atom. The van der Waals surface area contributed by atoms with Crippen LogP contribution in [0.2, 0.25) is 0 Å². The maximum absolute atomic E-state index is 13.9. The molecule has 6 rings (SSSR count). The summed E-state index contributed by atoms with van der Waals surface area (Å²) < 4.78 is 81.6. The molecule has 1 heterocycles. The van der Waals surface area contributed by atoms with Crippen molar-refractivity contribution in [2.45, 2.75) is 45.0 Å². The lowest BCUT2D eigenvalue weighted by Crippen LogP contribution is -2.39. The standard InChI is InChI=1S/C32H23F6NO5/c1-13-4-3-5-19(27(13)41)24-18-6-7-20-25(21(18)12-22-26(24)23(40)8-14(2)28(22)42)30(44)39(29(20)43)17-10-15(31(33,34)35)9-16(11-17)32(36,37)38/h3-6,8-11,20-21,24-25,41H,7,12H2,1-2H3/t20-,21+,24+,25-/m0/s1. The van der Waals surface area contributed by atoms with Crippen LogP contribution in [0.1, 0.15) is 47.9 Å². The summed E-state index contributed by atoms with van der Waals surface area (Å²) in [6, 6.07) is 5.45. The van der Waals surface area contributed by atoms with Crippen molar-refractivity contribution >= 4 is 29.1 Å². The minimum absolute atomic E-state index is 0.0865. The molecule has 4 aliphatic rings. The van der Waals surface area contributed by atoms with E-state index in [1.807, 2.05) is 0 Å². The highest BCUT2D eigenvalue weighted by atomic mass is 19.4. The van der Waals surface area contributed by atoms with Crippen LogP contribution in [0.5, 0.6) is 5.75 Å². The molecule has 228 valence electrons. The number of aromatic hydroxyl groups is 1. The average Bonchev–Trinajstić information content (AvgIpc) is 3.20. The molecular formula is C32H23F6NO5. The second-order valence-electron chi connectivity index (χ2n) is 11.5. The summed E-state index contributed by atoms with van der Waals surface area (Å²) >= 11 is 0. The lowest BCUT2D eigenvalue weighted by atomic mass is 9.59. The van der Waals surface area contributed by atoms with Crippen molar-refractivity contribution in [3.05, 3.63) is 93.1 Å². The molecule has 4 atom stereocenters. The third kappa shape index (κ3) is 4.41. The Labute approximate surface area is 246 Å². The maximum atomic E-state index is 13.9. The Balaban J connectivity index is 1.49. The lowest BCUT2D eigenvalue weighted by Gasteiger charge is -2.42. The van der Waals surface area contributed by atoms with E-state index in [9.17, 15) is 50.6 Å². The van der Waals surface area contributed by atoms with Crippen LogP contribution in [-0.2, 0) is 31.5 Å². The Morgan fingerprint density at radius 3 is 2.11 bits per heavy atom. The van der Waals surface area contributed by atoms with E-state index < -0.39 is 76.2 Å². The van der Waals surface area contributed by atoms with Crippen molar-refractivity contribution in [2.24, 2.45) is 17.8 Å². The second kappa shape index (κ2) is 9.76. The number of phenolic OH excluding ortho intramolecular Hbond substituents is 1. The van der Waals surface area contributed by atoms with Crippen LogP contribution >= 0.6 is 0 Å². The van der Waals surface area contributed by atoms with Gasteiger partial charge in [0.25, 0.3) is 0 Å². The number of imide groups is 1. The van der Waals surface area contributed by atoms with E-state index in [-0.39, 0.29) is 41.4 Å². The van der Waals surface area contributed by atoms with Gasteiger partial charge in [-0.05, 0) is 62.4 Å². The maximum Gasteiger partial charge on any atom is 0.416 e. The Morgan fingerprint density at radius 1 is 0.864 bits per heavy atom. The molecule has 2 aromatic rings. The first kappa shape index (κ1) is 29.6. The number of alkyl halides is 6. The molecule has 6 nitrogen and oxygen atoms in total.